The molecule has 0 aliphatic carbocycles. The van der Waals surface area contributed by atoms with E-state index in [1.54, 1.807) is 24.8 Å². The van der Waals surface area contributed by atoms with Gasteiger partial charge in [0.15, 0.2) is 0 Å². The van der Waals surface area contributed by atoms with E-state index in [9.17, 15) is 18.0 Å². The van der Waals surface area contributed by atoms with Gasteiger partial charge in [-0.15, -0.1) is 0 Å². The SMILES string of the molecule is CCNS(=O)(=O)c1cc(C(=O)N2CCC(C(N)=O)CC2)ccc1OCC. The van der Waals surface area contributed by atoms with Crippen LogP contribution in [0.15, 0.2) is 23.1 Å². The number of likely N-dealkylation sites (tertiary alicyclic amines) is 1. The number of primary amides is 1. The van der Waals surface area contributed by atoms with Gasteiger partial charge in [-0.25, -0.2) is 13.1 Å². The summed E-state index contributed by atoms with van der Waals surface area (Å²) in [6, 6.07) is 4.39. The van der Waals surface area contributed by atoms with Gasteiger partial charge in [-0.1, -0.05) is 6.92 Å². The van der Waals surface area contributed by atoms with E-state index in [-0.39, 0.29) is 40.5 Å². The van der Waals surface area contributed by atoms with Gasteiger partial charge in [0.25, 0.3) is 5.91 Å². The zero-order valence-electron chi connectivity index (χ0n) is 15.0. The van der Waals surface area contributed by atoms with Crippen LogP contribution in [0.2, 0.25) is 0 Å². The van der Waals surface area contributed by atoms with Gasteiger partial charge >= 0.3 is 0 Å². The van der Waals surface area contributed by atoms with Crippen molar-refractivity contribution in [1.82, 2.24) is 9.62 Å². The molecule has 1 fully saturated rings. The molecule has 1 saturated heterocycles. The Morgan fingerprint density at radius 3 is 2.46 bits per heavy atom. The maximum Gasteiger partial charge on any atom is 0.253 e. The third kappa shape index (κ3) is 4.53. The van der Waals surface area contributed by atoms with Crippen LogP contribution in [0.5, 0.6) is 5.75 Å². The predicted molar refractivity (Wildman–Crippen MR) is 96.3 cm³/mol. The summed E-state index contributed by atoms with van der Waals surface area (Å²) in [5.41, 5.74) is 5.58. The molecule has 1 heterocycles. The molecule has 1 aliphatic rings. The zero-order chi connectivity index (χ0) is 19.3. The molecule has 0 aromatic heterocycles. The fourth-order valence-electron chi connectivity index (χ4n) is 2.94. The molecular formula is C17H25N3O5S. The third-order valence-corrected chi connectivity index (χ3v) is 5.87. The van der Waals surface area contributed by atoms with E-state index in [1.165, 1.54) is 12.1 Å². The van der Waals surface area contributed by atoms with Gasteiger partial charge < -0.3 is 15.4 Å². The van der Waals surface area contributed by atoms with Gasteiger partial charge in [0.2, 0.25) is 15.9 Å². The summed E-state index contributed by atoms with van der Waals surface area (Å²) in [6.07, 6.45) is 1.03. The molecule has 0 unspecified atom stereocenters. The van der Waals surface area contributed by atoms with Gasteiger partial charge in [-0.2, -0.15) is 0 Å². The molecule has 0 bridgehead atoms. The summed E-state index contributed by atoms with van der Waals surface area (Å²) < 4.78 is 32.7. The first-order valence-corrected chi connectivity index (χ1v) is 10.1. The highest BCUT2D eigenvalue weighted by molar-refractivity contribution is 7.89. The molecule has 9 heteroatoms. The van der Waals surface area contributed by atoms with Crippen molar-refractivity contribution in [3.8, 4) is 5.75 Å². The fraction of sp³-hybridized carbons (Fsp3) is 0.529. The van der Waals surface area contributed by atoms with E-state index in [1.807, 2.05) is 0 Å². The number of nitrogens with two attached hydrogens (primary N) is 1. The van der Waals surface area contributed by atoms with Crippen molar-refractivity contribution in [2.45, 2.75) is 31.6 Å². The van der Waals surface area contributed by atoms with Crippen LogP contribution in [0.25, 0.3) is 0 Å². The summed E-state index contributed by atoms with van der Waals surface area (Å²) in [7, 11) is -3.78. The normalized spacial score (nSPS) is 15.7. The van der Waals surface area contributed by atoms with E-state index in [0.29, 0.717) is 32.5 Å². The lowest BCUT2D eigenvalue weighted by atomic mass is 9.96. The number of amides is 2. The molecule has 0 radical (unpaired) electrons. The minimum absolute atomic E-state index is 0.0564. The van der Waals surface area contributed by atoms with Crippen LogP contribution in [-0.4, -0.2) is 51.4 Å². The molecule has 1 aromatic rings. The van der Waals surface area contributed by atoms with Crippen LogP contribution in [-0.2, 0) is 14.8 Å². The Bertz CT molecular complexity index is 771. The maximum absolute atomic E-state index is 12.7. The van der Waals surface area contributed by atoms with Gasteiger partial charge in [-0.05, 0) is 38.0 Å². The van der Waals surface area contributed by atoms with E-state index in [4.69, 9.17) is 10.5 Å². The molecular weight excluding hydrogens is 358 g/mol. The number of nitrogens with one attached hydrogen (secondary N) is 1. The topological polar surface area (TPSA) is 119 Å². The van der Waals surface area contributed by atoms with Crippen molar-refractivity contribution in [3.05, 3.63) is 23.8 Å². The zero-order valence-corrected chi connectivity index (χ0v) is 15.8. The molecule has 0 spiro atoms. The average molecular weight is 383 g/mol. The van der Waals surface area contributed by atoms with Crippen molar-refractivity contribution >= 4 is 21.8 Å². The summed E-state index contributed by atoms with van der Waals surface area (Å²) in [5, 5.41) is 0. The number of hydrogen-bond acceptors (Lipinski definition) is 5. The number of carbonyl (C=O) groups is 2. The average Bonchev–Trinajstić information content (AvgIpc) is 2.61. The number of sulfonamides is 1. The summed E-state index contributed by atoms with van der Waals surface area (Å²) in [4.78, 5) is 25.5. The Labute approximate surface area is 153 Å². The molecule has 144 valence electrons. The molecule has 2 amide bonds. The number of piperidine rings is 1. The lowest BCUT2D eigenvalue weighted by molar-refractivity contribution is -0.123. The van der Waals surface area contributed by atoms with Crippen LogP contribution in [0.1, 0.15) is 37.0 Å². The molecule has 3 N–H and O–H groups in total. The van der Waals surface area contributed by atoms with Crippen molar-refractivity contribution in [3.63, 3.8) is 0 Å². The monoisotopic (exact) mass is 383 g/mol. The molecule has 2 rings (SSSR count). The van der Waals surface area contributed by atoms with Crippen molar-refractivity contribution < 1.29 is 22.7 Å². The van der Waals surface area contributed by atoms with Crippen molar-refractivity contribution in [2.75, 3.05) is 26.2 Å². The third-order valence-electron chi connectivity index (χ3n) is 4.30. The molecule has 1 aromatic carbocycles. The van der Waals surface area contributed by atoms with Crippen molar-refractivity contribution in [2.24, 2.45) is 11.7 Å². The number of benzene rings is 1. The second-order valence-corrected chi connectivity index (χ2v) is 7.80. The Balaban J connectivity index is 2.27. The minimum Gasteiger partial charge on any atom is -0.492 e. The summed E-state index contributed by atoms with van der Waals surface area (Å²) in [6.45, 7) is 4.79. The number of nitrogens with zero attached hydrogens (tertiary/aromatic N) is 1. The largest absolute Gasteiger partial charge is 0.492 e. The van der Waals surface area contributed by atoms with Crippen LogP contribution in [0.3, 0.4) is 0 Å². The Morgan fingerprint density at radius 2 is 1.92 bits per heavy atom. The van der Waals surface area contributed by atoms with Crippen LogP contribution in [0, 0.1) is 5.92 Å². The predicted octanol–water partition coefficient (Wildman–Crippen LogP) is 0.721. The van der Waals surface area contributed by atoms with Crippen LogP contribution >= 0.6 is 0 Å². The highest BCUT2D eigenvalue weighted by Gasteiger charge is 2.28. The van der Waals surface area contributed by atoms with Crippen LogP contribution in [0.4, 0.5) is 0 Å². The van der Waals surface area contributed by atoms with Crippen LogP contribution < -0.4 is 15.2 Å². The summed E-state index contributed by atoms with van der Waals surface area (Å²) in [5.74, 6) is -0.636. The second-order valence-electron chi connectivity index (χ2n) is 6.06. The smallest absolute Gasteiger partial charge is 0.253 e. The van der Waals surface area contributed by atoms with Gasteiger partial charge in [0.1, 0.15) is 10.6 Å². The van der Waals surface area contributed by atoms with Gasteiger partial charge in [0.05, 0.1) is 6.61 Å². The Morgan fingerprint density at radius 1 is 1.27 bits per heavy atom. The highest BCUT2D eigenvalue weighted by Crippen LogP contribution is 2.27. The molecule has 1 aliphatic heterocycles. The van der Waals surface area contributed by atoms with E-state index < -0.39 is 10.0 Å². The van der Waals surface area contributed by atoms with Gasteiger partial charge in [-0.3, -0.25) is 9.59 Å². The van der Waals surface area contributed by atoms with E-state index >= 15 is 0 Å². The molecule has 8 nitrogen and oxygen atoms in total. The first-order valence-electron chi connectivity index (χ1n) is 8.65. The number of rotatable bonds is 7. The summed E-state index contributed by atoms with van der Waals surface area (Å²) >= 11 is 0. The second kappa shape index (κ2) is 8.50. The fourth-order valence-corrected chi connectivity index (χ4v) is 4.15. The van der Waals surface area contributed by atoms with Gasteiger partial charge in [0, 0.05) is 31.1 Å². The first kappa shape index (κ1) is 20.2. The standard InChI is InChI=1S/C17H25N3O5S/c1-3-19-26(23,24)15-11-13(5-6-14(15)25-4-2)17(22)20-9-7-12(8-10-20)16(18)21/h5-6,11-12,19H,3-4,7-10H2,1-2H3,(H2,18,21). The quantitative estimate of drug-likeness (QED) is 0.719. The van der Waals surface area contributed by atoms with E-state index in [2.05, 4.69) is 4.72 Å². The molecule has 0 atom stereocenters. The number of hydrogen-bond donors (Lipinski definition) is 2. The lowest BCUT2D eigenvalue weighted by Gasteiger charge is -2.30. The number of ether oxygens (including phenoxy) is 1. The minimum atomic E-state index is -3.78. The number of carbonyl (C=O) groups excluding carboxylic acids is 2. The maximum atomic E-state index is 12.7. The molecule has 26 heavy (non-hydrogen) atoms. The lowest BCUT2D eigenvalue weighted by Crippen LogP contribution is -2.41. The Hall–Kier alpha value is -2.13. The Kier molecular flexibility index (Phi) is 6.60. The van der Waals surface area contributed by atoms with E-state index in [0.717, 1.165) is 0 Å². The highest BCUT2D eigenvalue weighted by atomic mass is 32.2. The first-order chi connectivity index (χ1) is 12.3. The van der Waals surface area contributed by atoms with Crippen molar-refractivity contribution in [1.29, 1.82) is 0 Å². The molecule has 0 saturated carbocycles.